The zero-order chi connectivity index (χ0) is 12.9. The maximum atomic E-state index is 12.1. The molecule has 1 rings (SSSR count). The van der Waals surface area contributed by atoms with Crippen LogP contribution < -0.4 is 5.32 Å². The number of carbonyl (C=O) groups excluding carboxylic acids is 1. The van der Waals surface area contributed by atoms with Gasteiger partial charge >= 0.3 is 5.97 Å². The summed E-state index contributed by atoms with van der Waals surface area (Å²) in [6, 6.07) is 0. The summed E-state index contributed by atoms with van der Waals surface area (Å²) in [5.74, 6) is -1.08. The van der Waals surface area contributed by atoms with Gasteiger partial charge in [-0.25, -0.2) is 4.79 Å². The van der Waals surface area contributed by atoms with Gasteiger partial charge in [0.1, 0.15) is 0 Å². The molecule has 5 heteroatoms. The Labute approximate surface area is 102 Å². The van der Waals surface area contributed by atoms with Crippen molar-refractivity contribution in [2.24, 2.45) is 5.41 Å². The van der Waals surface area contributed by atoms with Crippen LogP contribution in [0.15, 0.2) is 0 Å². The maximum absolute atomic E-state index is 12.1. The molecule has 1 amide bonds. The van der Waals surface area contributed by atoms with Gasteiger partial charge in [-0.2, -0.15) is 0 Å². The molecule has 0 saturated heterocycles. The van der Waals surface area contributed by atoms with Crippen LogP contribution in [-0.4, -0.2) is 36.7 Å². The predicted octanol–water partition coefficient (Wildman–Crippen LogP) is 1.17. The third kappa shape index (κ3) is 3.19. The summed E-state index contributed by atoms with van der Waals surface area (Å²) in [6.07, 6.45) is 3.81. The van der Waals surface area contributed by atoms with Crippen LogP contribution in [0.25, 0.3) is 0 Å². The van der Waals surface area contributed by atoms with E-state index in [1.165, 1.54) is 7.11 Å². The summed E-state index contributed by atoms with van der Waals surface area (Å²) < 4.78 is 4.78. The summed E-state index contributed by atoms with van der Waals surface area (Å²) in [5.41, 5.74) is -0.281. The number of amides is 1. The molecular formula is C12H21NO4. The van der Waals surface area contributed by atoms with Crippen molar-refractivity contribution < 1.29 is 19.4 Å². The molecule has 2 N–H and O–H groups in total. The van der Waals surface area contributed by atoms with Gasteiger partial charge < -0.3 is 15.2 Å². The monoisotopic (exact) mass is 243 g/mol. The van der Waals surface area contributed by atoms with E-state index >= 15 is 0 Å². The van der Waals surface area contributed by atoms with Crippen LogP contribution in [-0.2, 0) is 14.3 Å². The summed E-state index contributed by atoms with van der Waals surface area (Å²) in [7, 11) is 1.33. The standard InChI is InChI=1S/C12H21NO4/c1-3-12(6-4-5-7-12)11(16)13-8-9(17-2)10(14)15/h9H,3-8H2,1-2H3,(H,13,16)(H,14,15). The van der Waals surface area contributed by atoms with E-state index in [9.17, 15) is 9.59 Å². The largest absolute Gasteiger partial charge is 0.479 e. The topological polar surface area (TPSA) is 75.6 Å². The molecule has 1 unspecified atom stereocenters. The van der Waals surface area contributed by atoms with Gasteiger partial charge in [0.05, 0.1) is 6.54 Å². The third-order valence-corrected chi connectivity index (χ3v) is 3.73. The molecule has 98 valence electrons. The highest BCUT2D eigenvalue weighted by Gasteiger charge is 2.39. The van der Waals surface area contributed by atoms with E-state index in [1.54, 1.807) is 0 Å². The summed E-state index contributed by atoms with van der Waals surface area (Å²) in [6.45, 7) is 2.04. The van der Waals surface area contributed by atoms with Gasteiger partial charge in [0.2, 0.25) is 5.91 Å². The van der Waals surface area contributed by atoms with Crippen molar-refractivity contribution in [2.45, 2.75) is 45.1 Å². The van der Waals surface area contributed by atoms with Crippen molar-refractivity contribution in [1.82, 2.24) is 5.32 Å². The van der Waals surface area contributed by atoms with Crippen molar-refractivity contribution in [3.63, 3.8) is 0 Å². The van der Waals surface area contributed by atoms with Crippen molar-refractivity contribution in [3.8, 4) is 0 Å². The molecule has 1 saturated carbocycles. The molecule has 1 aliphatic carbocycles. The highest BCUT2D eigenvalue weighted by Crippen LogP contribution is 2.40. The Hall–Kier alpha value is -1.10. The van der Waals surface area contributed by atoms with Crippen LogP contribution in [0.4, 0.5) is 0 Å². The van der Waals surface area contributed by atoms with Crippen LogP contribution in [0, 0.1) is 5.41 Å². The lowest BCUT2D eigenvalue weighted by atomic mass is 9.82. The molecule has 0 aromatic heterocycles. The number of methoxy groups -OCH3 is 1. The zero-order valence-electron chi connectivity index (χ0n) is 10.5. The minimum Gasteiger partial charge on any atom is -0.479 e. The molecule has 0 bridgehead atoms. The van der Waals surface area contributed by atoms with Crippen LogP contribution in [0.2, 0.25) is 0 Å². The first-order valence-electron chi connectivity index (χ1n) is 6.09. The fraction of sp³-hybridized carbons (Fsp3) is 0.833. The Morgan fingerprint density at radius 1 is 1.41 bits per heavy atom. The average Bonchev–Trinajstić information content (AvgIpc) is 2.79. The number of nitrogens with one attached hydrogen (secondary N) is 1. The van der Waals surface area contributed by atoms with Gasteiger partial charge in [-0.15, -0.1) is 0 Å². The Morgan fingerprint density at radius 2 is 2.00 bits per heavy atom. The minimum absolute atomic E-state index is 0.0270. The van der Waals surface area contributed by atoms with E-state index in [0.717, 1.165) is 32.1 Å². The molecule has 5 nitrogen and oxygen atoms in total. The second-order valence-corrected chi connectivity index (χ2v) is 4.61. The van der Waals surface area contributed by atoms with Gasteiger partial charge in [0.25, 0.3) is 0 Å². The molecule has 0 spiro atoms. The predicted molar refractivity (Wildman–Crippen MR) is 62.6 cm³/mol. The Balaban J connectivity index is 2.51. The SMILES string of the molecule is CCC1(C(=O)NCC(OC)C(=O)O)CCCC1. The number of hydrogen-bond donors (Lipinski definition) is 2. The molecule has 0 heterocycles. The van der Waals surface area contributed by atoms with Gasteiger partial charge in [-0.1, -0.05) is 19.8 Å². The molecule has 1 fully saturated rings. The first-order chi connectivity index (χ1) is 8.05. The quantitative estimate of drug-likeness (QED) is 0.734. The lowest BCUT2D eigenvalue weighted by Gasteiger charge is -2.26. The van der Waals surface area contributed by atoms with E-state index in [4.69, 9.17) is 9.84 Å². The number of carboxylic acid groups (broad SMARTS) is 1. The van der Waals surface area contributed by atoms with Crippen molar-refractivity contribution in [2.75, 3.05) is 13.7 Å². The smallest absolute Gasteiger partial charge is 0.334 e. The molecule has 0 aromatic carbocycles. The second kappa shape index (κ2) is 6.00. The fourth-order valence-electron chi connectivity index (χ4n) is 2.44. The lowest BCUT2D eigenvalue weighted by Crippen LogP contribution is -2.44. The third-order valence-electron chi connectivity index (χ3n) is 3.73. The minimum atomic E-state index is -1.05. The van der Waals surface area contributed by atoms with Gasteiger partial charge in [0.15, 0.2) is 6.10 Å². The Morgan fingerprint density at radius 3 is 2.41 bits per heavy atom. The van der Waals surface area contributed by atoms with Gasteiger partial charge in [0, 0.05) is 12.5 Å². The number of aliphatic carboxylic acids is 1. The highest BCUT2D eigenvalue weighted by molar-refractivity contribution is 5.83. The highest BCUT2D eigenvalue weighted by atomic mass is 16.5. The first kappa shape index (κ1) is 14.0. The van der Waals surface area contributed by atoms with E-state index in [1.807, 2.05) is 6.92 Å². The zero-order valence-corrected chi connectivity index (χ0v) is 10.5. The maximum Gasteiger partial charge on any atom is 0.334 e. The van der Waals surface area contributed by atoms with E-state index < -0.39 is 12.1 Å². The Bertz CT molecular complexity index is 284. The van der Waals surface area contributed by atoms with Crippen LogP contribution in [0.1, 0.15) is 39.0 Å². The van der Waals surface area contributed by atoms with Crippen molar-refractivity contribution in [1.29, 1.82) is 0 Å². The molecule has 1 aliphatic rings. The number of ether oxygens (including phenoxy) is 1. The van der Waals surface area contributed by atoms with Crippen LogP contribution in [0.3, 0.4) is 0 Å². The molecule has 0 aromatic rings. The number of rotatable bonds is 6. The van der Waals surface area contributed by atoms with Crippen molar-refractivity contribution in [3.05, 3.63) is 0 Å². The van der Waals surface area contributed by atoms with E-state index in [0.29, 0.717) is 0 Å². The number of carbonyl (C=O) groups is 2. The summed E-state index contributed by atoms with van der Waals surface area (Å²) in [5, 5.41) is 11.5. The van der Waals surface area contributed by atoms with E-state index in [2.05, 4.69) is 5.32 Å². The lowest BCUT2D eigenvalue weighted by molar-refractivity contribution is -0.148. The summed E-state index contributed by atoms with van der Waals surface area (Å²) >= 11 is 0. The molecular weight excluding hydrogens is 222 g/mol. The van der Waals surface area contributed by atoms with Crippen LogP contribution >= 0.6 is 0 Å². The molecule has 17 heavy (non-hydrogen) atoms. The van der Waals surface area contributed by atoms with Crippen molar-refractivity contribution >= 4 is 11.9 Å². The van der Waals surface area contributed by atoms with Crippen LogP contribution in [0.5, 0.6) is 0 Å². The molecule has 0 radical (unpaired) electrons. The average molecular weight is 243 g/mol. The first-order valence-corrected chi connectivity index (χ1v) is 6.09. The molecule has 0 aliphatic heterocycles. The second-order valence-electron chi connectivity index (χ2n) is 4.61. The normalized spacial score (nSPS) is 19.9. The van der Waals surface area contributed by atoms with Gasteiger partial charge in [-0.05, 0) is 19.3 Å². The molecule has 1 atom stereocenters. The Kier molecular flexibility index (Phi) is 4.93. The number of hydrogen-bond acceptors (Lipinski definition) is 3. The summed E-state index contributed by atoms with van der Waals surface area (Å²) in [4.78, 5) is 22.8. The van der Waals surface area contributed by atoms with E-state index in [-0.39, 0.29) is 17.9 Å². The van der Waals surface area contributed by atoms with Gasteiger partial charge in [-0.3, -0.25) is 4.79 Å². The number of carboxylic acids is 1. The fourth-order valence-corrected chi connectivity index (χ4v) is 2.44.